The van der Waals surface area contributed by atoms with Crippen LogP contribution in [0.5, 0.6) is 0 Å². The van der Waals surface area contributed by atoms with Crippen molar-refractivity contribution >= 4 is 63.8 Å². The maximum absolute atomic E-state index is 12.9. The summed E-state index contributed by atoms with van der Waals surface area (Å²) < 4.78 is 0. The van der Waals surface area contributed by atoms with Gasteiger partial charge >= 0.3 is 6.03 Å². The normalized spacial score (nSPS) is 22.1. The van der Waals surface area contributed by atoms with Crippen molar-refractivity contribution in [2.45, 2.75) is 16.7 Å². The Bertz CT molecular complexity index is 1150. The topological polar surface area (TPSA) is 104 Å². The number of allylic oxidation sites excluding steroid dienone is 2. The maximum atomic E-state index is 12.9. The lowest BCUT2D eigenvalue weighted by Crippen LogP contribution is -2.57. The quantitative estimate of drug-likeness (QED) is 0.287. The van der Waals surface area contributed by atoms with Crippen LogP contribution in [0.3, 0.4) is 0 Å². The molecule has 0 radical (unpaired) electrons. The second-order valence-electron chi connectivity index (χ2n) is 7.18. The van der Waals surface area contributed by atoms with Gasteiger partial charge in [0.25, 0.3) is 5.91 Å². The summed E-state index contributed by atoms with van der Waals surface area (Å²) in [6, 6.07) is 13.6. The number of thioether (sulfide) groups is 1. The lowest BCUT2D eigenvalue weighted by atomic mass is 9.88. The minimum atomic E-state index is -1.66. The van der Waals surface area contributed by atoms with Gasteiger partial charge in [-0.05, 0) is 48.6 Å². The number of amides is 3. The first-order chi connectivity index (χ1) is 15.1. The Balaban J connectivity index is 2.03. The Morgan fingerprint density at radius 3 is 2.47 bits per heavy atom. The molecule has 0 fully saturated rings. The highest BCUT2D eigenvalue weighted by atomic mass is 35.5. The number of benzene rings is 2. The van der Waals surface area contributed by atoms with E-state index >= 15 is 0 Å². The van der Waals surface area contributed by atoms with E-state index in [2.05, 4.69) is 10.6 Å². The highest BCUT2D eigenvalue weighted by molar-refractivity contribution is 8.00. The smallest absolute Gasteiger partial charge is 0.317 e. The summed E-state index contributed by atoms with van der Waals surface area (Å²) in [6.45, 7) is 1.87. The SMILES string of the molecule is CSC1(O)C=CC(c2ccccc2NC(=O)c2ccccc2C)=CC1(Cl)C(=S)NC(N)=O. The third kappa shape index (κ3) is 4.59. The van der Waals surface area contributed by atoms with E-state index in [0.717, 1.165) is 17.3 Å². The molecule has 2 atom stereocenters. The standard InChI is InChI=1S/C23H22ClN3O3S2/c1-14-7-3-4-8-16(14)19(28)26-18-10-6-5-9-17(18)15-11-12-23(30,32-2)22(24,13-15)20(31)27-21(25)29/h3-13,30H,1-2H3,(H,26,28)(H3,25,27,29,31). The zero-order chi connectivity index (χ0) is 23.5. The second-order valence-corrected chi connectivity index (χ2v) is 9.21. The number of nitrogens with two attached hydrogens (primary N) is 1. The fraction of sp³-hybridized carbons (Fsp3) is 0.174. The van der Waals surface area contributed by atoms with E-state index in [-0.39, 0.29) is 10.9 Å². The summed E-state index contributed by atoms with van der Waals surface area (Å²) >= 11 is 13.2. The number of aliphatic hydroxyl groups is 1. The highest BCUT2D eigenvalue weighted by Crippen LogP contribution is 2.46. The van der Waals surface area contributed by atoms with Crippen molar-refractivity contribution in [3.05, 3.63) is 83.4 Å². The van der Waals surface area contributed by atoms with Crippen LogP contribution in [-0.4, -0.2) is 38.1 Å². The first-order valence-corrected chi connectivity index (χ1v) is 11.6. The number of carbonyl (C=O) groups excluding carboxylic acids is 2. The number of carbonyl (C=O) groups is 2. The molecule has 0 saturated heterocycles. The predicted octanol–water partition coefficient (Wildman–Crippen LogP) is 4.23. The maximum Gasteiger partial charge on any atom is 0.317 e. The number of para-hydroxylation sites is 1. The number of hydrogen-bond acceptors (Lipinski definition) is 5. The van der Waals surface area contributed by atoms with Crippen molar-refractivity contribution in [2.75, 3.05) is 11.6 Å². The molecule has 3 amide bonds. The number of alkyl halides is 1. The van der Waals surface area contributed by atoms with Gasteiger partial charge in [-0.25, -0.2) is 4.79 Å². The van der Waals surface area contributed by atoms with E-state index < -0.39 is 15.8 Å². The zero-order valence-corrected chi connectivity index (χ0v) is 19.8. The van der Waals surface area contributed by atoms with E-state index in [1.807, 2.05) is 31.2 Å². The fourth-order valence-electron chi connectivity index (χ4n) is 3.37. The average Bonchev–Trinajstić information content (AvgIpc) is 2.76. The van der Waals surface area contributed by atoms with Crippen molar-refractivity contribution in [1.82, 2.24) is 5.32 Å². The zero-order valence-electron chi connectivity index (χ0n) is 17.4. The molecular weight excluding hydrogens is 466 g/mol. The van der Waals surface area contributed by atoms with E-state index in [1.165, 1.54) is 6.08 Å². The molecule has 2 aromatic rings. The minimum Gasteiger partial charge on any atom is -0.373 e. The van der Waals surface area contributed by atoms with Crippen LogP contribution in [0.15, 0.2) is 66.8 Å². The third-order valence-corrected chi connectivity index (χ3v) is 7.43. The number of hydrogen-bond donors (Lipinski definition) is 4. The lowest BCUT2D eigenvalue weighted by Gasteiger charge is -2.40. The molecule has 0 aromatic heterocycles. The highest BCUT2D eigenvalue weighted by Gasteiger charge is 2.51. The van der Waals surface area contributed by atoms with E-state index in [0.29, 0.717) is 22.4 Å². The van der Waals surface area contributed by atoms with Crippen LogP contribution in [0.25, 0.3) is 5.57 Å². The van der Waals surface area contributed by atoms with E-state index in [1.54, 1.807) is 42.7 Å². The van der Waals surface area contributed by atoms with Crippen LogP contribution >= 0.6 is 35.6 Å². The second kappa shape index (κ2) is 9.46. The molecule has 1 aliphatic carbocycles. The first-order valence-electron chi connectivity index (χ1n) is 9.57. The molecular formula is C23H22ClN3O3S2. The molecule has 32 heavy (non-hydrogen) atoms. The van der Waals surface area contributed by atoms with Gasteiger partial charge in [0.05, 0.1) is 0 Å². The summed E-state index contributed by atoms with van der Waals surface area (Å²) in [7, 11) is 0. The van der Waals surface area contributed by atoms with Crippen molar-refractivity contribution in [3.8, 4) is 0 Å². The van der Waals surface area contributed by atoms with Crippen LogP contribution in [0.1, 0.15) is 21.5 Å². The van der Waals surface area contributed by atoms with Crippen molar-refractivity contribution < 1.29 is 14.7 Å². The summed E-state index contributed by atoms with van der Waals surface area (Å²) in [4.78, 5) is 20.8. The van der Waals surface area contributed by atoms with Crippen LogP contribution in [0.2, 0.25) is 0 Å². The number of anilines is 1. The number of halogens is 1. The largest absolute Gasteiger partial charge is 0.373 e. The summed E-state index contributed by atoms with van der Waals surface area (Å²) in [5, 5.41) is 16.3. The molecule has 0 bridgehead atoms. The fourth-order valence-corrected chi connectivity index (χ4v) is 4.87. The van der Waals surface area contributed by atoms with E-state index in [4.69, 9.17) is 29.6 Å². The van der Waals surface area contributed by atoms with Gasteiger partial charge in [0.1, 0.15) is 4.99 Å². The Morgan fingerprint density at radius 2 is 1.81 bits per heavy atom. The number of thiocarbonyl (C=S) groups is 1. The van der Waals surface area contributed by atoms with Gasteiger partial charge in [0.2, 0.25) is 0 Å². The number of aryl methyl sites for hydroxylation is 1. The van der Waals surface area contributed by atoms with E-state index in [9.17, 15) is 14.7 Å². The van der Waals surface area contributed by atoms with Gasteiger partial charge in [-0.2, -0.15) is 0 Å². The number of rotatable bonds is 5. The molecule has 2 unspecified atom stereocenters. The minimum absolute atomic E-state index is 0.133. The Hall–Kier alpha value is -2.65. The van der Waals surface area contributed by atoms with Crippen molar-refractivity contribution in [2.24, 2.45) is 5.73 Å². The molecule has 3 rings (SSSR count). The first kappa shape index (κ1) is 24.0. The van der Waals surface area contributed by atoms with Crippen LogP contribution < -0.4 is 16.4 Å². The Kier molecular flexibility index (Phi) is 7.09. The molecule has 0 saturated carbocycles. The molecule has 166 valence electrons. The van der Waals surface area contributed by atoms with Crippen LogP contribution in [-0.2, 0) is 0 Å². The molecule has 6 nitrogen and oxygen atoms in total. The van der Waals surface area contributed by atoms with Crippen LogP contribution in [0.4, 0.5) is 10.5 Å². The van der Waals surface area contributed by atoms with Crippen LogP contribution in [0, 0.1) is 6.92 Å². The number of nitrogens with one attached hydrogen (secondary N) is 2. The number of primary amides is 1. The average molecular weight is 488 g/mol. The molecule has 1 aliphatic rings. The summed E-state index contributed by atoms with van der Waals surface area (Å²) in [5.74, 6) is -0.250. The van der Waals surface area contributed by atoms with Crippen molar-refractivity contribution in [3.63, 3.8) is 0 Å². The molecule has 0 aliphatic heterocycles. The summed E-state index contributed by atoms with van der Waals surface area (Å²) in [6.07, 6.45) is 6.43. The van der Waals surface area contributed by atoms with Gasteiger partial charge < -0.3 is 21.5 Å². The summed E-state index contributed by atoms with van der Waals surface area (Å²) in [5.41, 5.74) is 8.45. The van der Waals surface area contributed by atoms with Gasteiger partial charge in [-0.15, -0.1) is 23.4 Å². The molecule has 9 heteroatoms. The monoisotopic (exact) mass is 487 g/mol. The van der Waals surface area contributed by atoms with Gasteiger partial charge in [0.15, 0.2) is 9.81 Å². The Morgan fingerprint density at radius 1 is 1.16 bits per heavy atom. The molecule has 2 aromatic carbocycles. The number of urea groups is 1. The Labute approximate surface area is 200 Å². The van der Waals surface area contributed by atoms with Gasteiger partial charge in [0, 0.05) is 16.8 Å². The molecule has 0 heterocycles. The molecule has 0 spiro atoms. The van der Waals surface area contributed by atoms with Gasteiger partial charge in [-0.1, -0.05) is 54.7 Å². The third-order valence-electron chi connectivity index (χ3n) is 5.12. The lowest BCUT2D eigenvalue weighted by molar-refractivity contribution is 0.102. The molecule has 5 N–H and O–H groups in total. The van der Waals surface area contributed by atoms with Gasteiger partial charge in [-0.3, -0.25) is 4.79 Å². The predicted molar refractivity (Wildman–Crippen MR) is 135 cm³/mol. The van der Waals surface area contributed by atoms with Crippen molar-refractivity contribution in [1.29, 1.82) is 0 Å².